The zero-order chi connectivity index (χ0) is 18.2. The Morgan fingerprint density at radius 1 is 1.28 bits per heavy atom. The molecule has 0 saturated carbocycles. The van der Waals surface area contributed by atoms with Gasteiger partial charge in [0.1, 0.15) is 5.03 Å². The first-order chi connectivity index (χ1) is 12.2. The molecule has 25 heavy (non-hydrogen) atoms. The molecule has 1 amide bonds. The molecule has 0 aliphatic carbocycles. The van der Waals surface area contributed by atoms with E-state index in [0.717, 1.165) is 0 Å². The number of hydrogen-bond acceptors (Lipinski definition) is 8. The van der Waals surface area contributed by atoms with Gasteiger partial charge in [0.2, 0.25) is 0 Å². The smallest absolute Gasteiger partial charge is 0.278 e. The summed E-state index contributed by atoms with van der Waals surface area (Å²) in [7, 11) is 1.79. The van der Waals surface area contributed by atoms with Gasteiger partial charge in [-0.1, -0.05) is 13.8 Å². The maximum Gasteiger partial charge on any atom is 0.278 e. The molecular weight excluding hydrogens is 358 g/mol. The predicted octanol–water partition coefficient (Wildman–Crippen LogP) is 2.92. The van der Waals surface area contributed by atoms with E-state index in [9.17, 15) is 4.79 Å². The summed E-state index contributed by atoms with van der Waals surface area (Å²) in [6.45, 7) is 4.00. The quantitative estimate of drug-likeness (QED) is 0.627. The van der Waals surface area contributed by atoms with E-state index in [1.54, 1.807) is 47.8 Å². The molecule has 0 unspecified atom stereocenters. The van der Waals surface area contributed by atoms with Crippen molar-refractivity contribution < 1.29 is 4.79 Å². The second-order valence-electron chi connectivity index (χ2n) is 4.28. The molecule has 4 N–H and O–H groups in total. The predicted molar refractivity (Wildman–Crippen MR) is 102 cm³/mol. The summed E-state index contributed by atoms with van der Waals surface area (Å²) < 4.78 is 1.75. The third-order valence-electron chi connectivity index (χ3n) is 2.81. The van der Waals surface area contributed by atoms with Crippen LogP contribution in [0.15, 0.2) is 46.3 Å². The lowest BCUT2D eigenvalue weighted by Gasteiger charge is -2.08. The first-order valence-electron chi connectivity index (χ1n) is 7.53. The number of nitrogens with one attached hydrogen (secondary N) is 2. The second-order valence-corrected chi connectivity index (χ2v) is 6.17. The molecule has 132 valence electrons. The highest BCUT2D eigenvalue weighted by atomic mass is 32.2. The molecule has 0 atom stereocenters. The minimum atomic E-state index is -0.392. The monoisotopic (exact) mass is 377 g/mol. The van der Waals surface area contributed by atoms with Crippen LogP contribution in [0.4, 0.5) is 10.8 Å². The maximum atomic E-state index is 12.3. The van der Waals surface area contributed by atoms with Gasteiger partial charge in [-0.05, 0) is 23.9 Å². The summed E-state index contributed by atoms with van der Waals surface area (Å²) in [5.41, 5.74) is 9.30. The summed E-state index contributed by atoms with van der Waals surface area (Å²) in [5.74, 6) is -0.392. The molecule has 0 aliphatic heterocycles. The number of thiazole rings is 1. The minimum absolute atomic E-state index is 0.160. The Morgan fingerprint density at radius 3 is 2.76 bits per heavy atom. The number of nitrogens with two attached hydrogens (primary N) is 1. The summed E-state index contributed by atoms with van der Waals surface area (Å²) in [6.07, 6.45) is 5.07. The van der Waals surface area contributed by atoms with Crippen molar-refractivity contribution >= 4 is 39.8 Å². The molecule has 3 aromatic heterocycles. The molecule has 8 nitrogen and oxygen atoms in total. The number of aromatic nitrogens is 4. The van der Waals surface area contributed by atoms with Gasteiger partial charge in [0.05, 0.1) is 5.69 Å². The van der Waals surface area contributed by atoms with Crippen molar-refractivity contribution in [2.24, 2.45) is 0 Å². The largest absolute Gasteiger partial charge is 0.397 e. The fourth-order valence-electron chi connectivity index (χ4n) is 1.76. The Bertz CT molecular complexity index is 817. The van der Waals surface area contributed by atoms with Gasteiger partial charge in [0.15, 0.2) is 16.0 Å². The van der Waals surface area contributed by atoms with Gasteiger partial charge in [-0.2, -0.15) is 0 Å². The average Bonchev–Trinajstić information content (AvgIpc) is 3.30. The van der Waals surface area contributed by atoms with Crippen molar-refractivity contribution in [3.8, 4) is 0 Å². The Balaban J connectivity index is 0.00000109. The number of carbonyl (C=O) groups is 1. The normalized spacial score (nSPS) is 9.88. The van der Waals surface area contributed by atoms with Crippen molar-refractivity contribution in [3.05, 3.63) is 41.8 Å². The molecule has 0 aliphatic rings. The van der Waals surface area contributed by atoms with E-state index < -0.39 is 5.91 Å². The first-order valence-corrected chi connectivity index (χ1v) is 9.23. The maximum absolute atomic E-state index is 12.3. The molecule has 0 radical (unpaired) electrons. The van der Waals surface area contributed by atoms with Crippen molar-refractivity contribution in [2.45, 2.75) is 24.0 Å². The molecule has 10 heteroatoms. The highest BCUT2D eigenvalue weighted by Crippen LogP contribution is 2.26. The minimum Gasteiger partial charge on any atom is -0.397 e. The highest BCUT2D eigenvalue weighted by Gasteiger charge is 2.15. The molecular formula is C15H19N7OS2. The number of nitrogens with zero attached hydrogens (tertiary/aromatic N) is 4. The van der Waals surface area contributed by atoms with Crippen molar-refractivity contribution in [2.75, 3.05) is 23.5 Å². The lowest BCUT2D eigenvalue weighted by Crippen LogP contribution is -2.16. The number of hydrogen-bond donors (Lipinski definition) is 3. The van der Waals surface area contributed by atoms with Crippen LogP contribution in [-0.4, -0.2) is 32.6 Å². The number of nitrogen functional groups attached to an aromatic ring is 1. The Labute approximate surface area is 153 Å². The van der Waals surface area contributed by atoms with Crippen LogP contribution in [0.3, 0.4) is 0 Å². The number of amides is 1. The van der Waals surface area contributed by atoms with Gasteiger partial charge >= 0.3 is 0 Å². The molecule has 0 spiro atoms. The topological polar surface area (TPSA) is 111 Å². The molecule has 0 aromatic carbocycles. The SMILES string of the molecule is CC.CNn1ccnc1Sc1ccc(N)c(C(=O)Nc2nccs2)n1. The standard InChI is InChI=1S/C13H13N7OS2.C2H6/c1-15-20-6-4-17-13(20)23-9-3-2-8(14)10(18-9)11(21)19-12-16-5-7-22-12;1-2/h2-7,15H,14H2,1H3,(H,16,19,21);1-2H3. The lowest BCUT2D eigenvalue weighted by atomic mass is 10.3. The summed E-state index contributed by atoms with van der Waals surface area (Å²) in [4.78, 5) is 24.8. The summed E-state index contributed by atoms with van der Waals surface area (Å²) in [6, 6.07) is 3.40. The number of pyridine rings is 1. The molecule has 3 rings (SSSR count). The van der Waals surface area contributed by atoms with Crippen LogP contribution >= 0.6 is 23.1 Å². The Kier molecular flexibility index (Phi) is 6.78. The summed E-state index contributed by atoms with van der Waals surface area (Å²) in [5, 5.41) is 6.27. The van der Waals surface area contributed by atoms with Gasteiger partial charge in [-0.3, -0.25) is 10.1 Å². The van der Waals surface area contributed by atoms with Crippen LogP contribution in [0.2, 0.25) is 0 Å². The zero-order valence-corrected chi connectivity index (χ0v) is 15.7. The van der Waals surface area contributed by atoms with Crippen LogP contribution < -0.4 is 16.5 Å². The lowest BCUT2D eigenvalue weighted by molar-refractivity contribution is 0.102. The Hall–Kier alpha value is -2.59. The fourth-order valence-corrected chi connectivity index (χ4v) is 3.11. The van der Waals surface area contributed by atoms with Crippen LogP contribution in [-0.2, 0) is 0 Å². The van der Waals surface area contributed by atoms with Gasteiger partial charge in [-0.15, -0.1) is 11.3 Å². The van der Waals surface area contributed by atoms with E-state index in [1.165, 1.54) is 23.1 Å². The van der Waals surface area contributed by atoms with Gasteiger partial charge in [-0.25, -0.2) is 19.6 Å². The third kappa shape index (κ3) is 4.70. The number of carbonyl (C=O) groups excluding carboxylic acids is 1. The first kappa shape index (κ1) is 18.7. The van der Waals surface area contributed by atoms with E-state index in [4.69, 9.17) is 5.73 Å². The van der Waals surface area contributed by atoms with Crippen LogP contribution in [0.25, 0.3) is 0 Å². The van der Waals surface area contributed by atoms with E-state index >= 15 is 0 Å². The van der Waals surface area contributed by atoms with Gasteiger partial charge in [0.25, 0.3) is 5.91 Å². The van der Waals surface area contributed by atoms with Crippen molar-refractivity contribution in [1.82, 2.24) is 19.6 Å². The van der Waals surface area contributed by atoms with Crippen LogP contribution in [0, 0.1) is 0 Å². The molecule has 0 fully saturated rings. The van der Waals surface area contributed by atoms with E-state index in [-0.39, 0.29) is 5.69 Å². The number of anilines is 2. The van der Waals surface area contributed by atoms with E-state index in [2.05, 4.69) is 25.7 Å². The second kappa shape index (κ2) is 9.04. The van der Waals surface area contributed by atoms with Crippen LogP contribution in [0.5, 0.6) is 0 Å². The van der Waals surface area contributed by atoms with Gasteiger partial charge < -0.3 is 11.2 Å². The van der Waals surface area contributed by atoms with Gasteiger partial charge in [0, 0.05) is 31.0 Å². The van der Waals surface area contributed by atoms with Crippen molar-refractivity contribution in [3.63, 3.8) is 0 Å². The van der Waals surface area contributed by atoms with Crippen LogP contribution in [0.1, 0.15) is 24.3 Å². The molecule has 3 aromatic rings. The third-order valence-corrected chi connectivity index (χ3v) is 4.42. The molecule has 0 bridgehead atoms. The number of imidazole rings is 1. The summed E-state index contributed by atoms with van der Waals surface area (Å²) >= 11 is 2.65. The number of rotatable bonds is 5. The zero-order valence-electron chi connectivity index (χ0n) is 14.1. The highest BCUT2D eigenvalue weighted by molar-refractivity contribution is 7.99. The fraction of sp³-hybridized carbons (Fsp3) is 0.200. The van der Waals surface area contributed by atoms with E-state index in [0.29, 0.717) is 21.0 Å². The molecule has 0 saturated heterocycles. The molecule has 3 heterocycles. The average molecular weight is 377 g/mol. The van der Waals surface area contributed by atoms with Crippen molar-refractivity contribution in [1.29, 1.82) is 0 Å². The Morgan fingerprint density at radius 2 is 2.08 bits per heavy atom. The van der Waals surface area contributed by atoms with E-state index in [1.807, 2.05) is 13.8 Å².